The standard InChI is InChI=1S/C18H38.C16H34O2.CH4/c1-3-5-7-9-11-13-15-17-18-16-14-12-10-8-6-4-2;1-3-13-17-15-11-9-7-5-6-8-10-12-16-18-14-4-2;/h3-18H2,1-2H3;3-16H2,1-2H3;1H4. The minimum Gasteiger partial charge on any atom is -0.381 e. The molecule has 0 aromatic carbocycles. The molecule has 0 bridgehead atoms. The van der Waals surface area contributed by atoms with E-state index in [0.29, 0.717) is 0 Å². The van der Waals surface area contributed by atoms with Crippen LogP contribution in [0.5, 0.6) is 0 Å². The van der Waals surface area contributed by atoms with Crippen LogP contribution in [0.15, 0.2) is 0 Å². The number of ether oxygens (including phenoxy) is 2. The highest BCUT2D eigenvalue weighted by atomic mass is 16.5. The van der Waals surface area contributed by atoms with Crippen molar-refractivity contribution >= 4 is 0 Å². The molecule has 2 heteroatoms. The SMILES string of the molecule is C.CCCCCCCCCCCCCCCCCC.CCCOCCCCCCCCCCOCCC. The van der Waals surface area contributed by atoms with Crippen molar-refractivity contribution in [3.05, 3.63) is 0 Å². The number of hydrogen-bond acceptors (Lipinski definition) is 2. The van der Waals surface area contributed by atoms with E-state index in [2.05, 4.69) is 27.7 Å². The first-order chi connectivity index (χ1) is 17.8. The van der Waals surface area contributed by atoms with Crippen LogP contribution < -0.4 is 0 Å². The van der Waals surface area contributed by atoms with Crippen molar-refractivity contribution < 1.29 is 9.47 Å². The van der Waals surface area contributed by atoms with E-state index < -0.39 is 0 Å². The quantitative estimate of drug-likeness (QED) is 0.0863. The number of rotatable bonds is 30. The molecule has 0 saturated carbocycles. The van der Waals surface area contributed by atoms with Gasteiger partial charge in [-0.1, -0.05) is 176 Å². The van der Waals surface area contributed by atoms with Gasteiger partial charge in [0.1, 0.15) is 0 Å². The van der Waals surface area contributed by atoms with Crippen molar-refractivity contribution in [1.29, 1.82) is 0 Å². The van der Waals surface area contributed by atoms with Crippen molar-refractivity contribution in [1.82, 2.24) is 0 Å². The molecule has 0 aromatic rings. The Labute approximate surface area is 237 Å². The summed E-state index contributed by atoms with van der Waals surface area (Å²) in [4.78, 5) is 0. The molecular weight excluding hydrogens is 452 g/mol. The van der Waals surface area contributed by atoms with Crippen LogP contribution in [-0.4, -0.2) is 26.4 Å². The summed E-state index contributed by atoms with van der Waals surface area (Å²) < 4.78 is 10.9. The molecule has 0 rings (SSSR count). The maximum absolute atomic E-state index is 5.46. The molecule has 0 heterocycles. The summed E-state index contributed by atoms with van der Waals surface area (Å²) in [5.41, 5.74) is 0. The average molecular weight is 529 g/mol. The predicted molar refractivity (Wildman–Crippen MR) is 171 cm³/mol. The highest BCUT2D eigenvalue weighted by Gasteiger charge is 1.95. The van der Waals surface area contributed by atoms with Crippen LogP contribution in [0.3, 0.4) is 0 Å². The zero-order valence-electron chi connectivity index (χ0n) is 26.0. The molecule has 37 heavy (non-hydrogen) atoms. The van der Waals surface area contributed by atoms with Crippen LogP contribution >= 0.6 is 0 Å². The van der Waals surface area contributed by atoms with E-state index in [0.717, 1.165) is 39.3 Å². The molecule has 0 aliphatic heterocycles. The highest BCUT2D eigenvalue weighted by molar-refractivity contribution is 4.50. The minimum absolute atomic E-state index is 0. The molecule has 0 aliphatic rings. The molecule has 0 aliphatic carbocycles. The van der Waals surface area contributed by atoms with Crippen LogP contribution in [-0.2, 0) is 9.47 Å². The van der Waals surface area contributed by atoms with Crippen molar-refractivity contribution in [2.75, 3.05) is 26.4 Å². The van der Waals surface area contributed by atoms with Gasteiger partial charge in [0.2, 0.25) is 0 Å². The molecule has 0 aromatic heterocycles. The normalized spacial score (nSPS) is 10.7. The molecule has 0 N–H and O–H groups in total. The van der Waals surface area contributed by atoms with Crippen LogP contribution in [0.1, 0.15) is 202 Å². The molecule has 0 unspecified atom stereocenters. The molecule has 228 valence electrons. The van der Waals surface area contributed by atoms with Crippen molar-refractivity contribution in [3.8, 4) is 0 Å². The van der Waals surface area contributed by atoms with E-state index in [4.69, 9.17) is 9.47 Å². The Morgan fingerprint density at radius 3 is 0.676 bits per heavy atom. The maximum atomic E-state index is 5.46. The molecule has 0 spiro atoms. The molecule has 0 atom stereocenters. The smallest absolute Gasteiger partial charge is 0.0466 e. The largest absolute Gasteiger partial charge is 0.381 e. The molecule has 0 fully saturated rings. The van der Waals surface area contributed by atoms with Gasteiger partial charge in [-0.3, -0.25) is 0 Å². The zero-order valence-corrected chi connectivity index (χ0v) is 26.0. The monoisotopic (exact) mass is 529 g/mol. The van der Waals surface area contributed by atoms with Gasteiger partial charge in [0, 0.05) is 26.4 Å². The van der Waals surface area contributed by atoms with Crippen LogP contribution in [0, 0.1) is 0 Å². The van der Waals surface area contributed by atoms with Gasteiger partial charge in [-0.2, -0.15) is 0 Å². The fraction of sp³-hybridized carbons (Fsp3) is 1.00. The topological polar surface area (TPSA) is 18.5 Å². The summed E-state index contributed by atoms with van der Waals surface area (Å²) >= 11 is 0. The van der Waals surface area contributed by atoms with Crippen molar-refractivity contribution in [2.45, 2.75) is 202 Å². The van der Waals surface area contributed by atoms with Gasteiger partial charge in [0.25, 0.3) is 0 Å². The third kappa shape index (κ3) is 46.2. The van der Waals surface area contributed by atoms with E-state index >= 15 is 0 Å². The first-order valence-electron chi connectivity index (χ1n) is 17.0. The summed E-state index contributed by atoms with van der Waals surface area (Å²) in [6.45, 7) is 12.7. The Kier molecular flexibility index (Phi) is 48.1. The van der Waals surface area contributed by atoms with E-state index in [-0.39, 0.29) is 7.43 Å². The van der Waals surface area contributed by atoms with Crippen molar-refractivity contribution in [3.63, 3.8) is 0 Å². The molecule has 0 saturated heterocycles. The second kappa shape index (κ2) is 43.0. The zero-order chi connectivity index (χ0) is 26.6. The third-order valence-electron chi connectivity index (χ3n) is 6.98. The summed E-state index contributed by atoms with van der Waals surface area (Å²) in [6.07, 6.45) is 36.4. The maximum Gasteiger partial charge on any atom is 0.0466 e. The number of unbranched alkanes of at least 4 members (excludes halogenated alkanes) is 22. The minimum atomic E-state index is 0. The summed E-state index contributed by atoms with van der Waals surface area (Å²) in [5.74, 6) is 0. The first-order valence-corrected chi connectivity index (χ1v) is 17.0. The average Bonchev–Trinajstić information content (AvgIpc) is 2.89. The van der Waals surface area contributed by atoms with E-state index in [9.17, 15) is 0 Å². The second-order valence-corrected chi connectivity index (χ2v) is 11.0. The van der Waals surface area contributed by atoms with E-state index in [1.165, 1.54) is 154 Å². The van der Waals surface area contributed by atoms with Crippen LogP contribution in [0.25, 0.3) is 0 Å². The fourth-order valence-corrected chi connectivity index (χ4v) is 4.58. The Hall–Kier alpha value is -0.0800. The van der Waals surface area contributed by atoms with Gasteiger partial charge in [-0.25, -0.2) is 0 Å². The van der Waals surface area contributed by atoms with Gasteiger partial charge in [-0.05, 0) is 25.7 Å². The van der Waals surface area contributed by atoms with Gasteiger partial charge >= 0.3 is 0 Å². The second-order valence-electron chi connectivity index (χ2n) is 11.0. The molecule has 0 amide bonds. The molecular formula is C35H76O2. The lowest BCUT2D eigenvalue weighted by molar-refractivity contribution is 0.129. The molecule has 0 radical (unpaired) electrons. The number of hydrogen-bond donors (Lipinski definition) is 0. The molecule has 2 nitrogen and oxygen atoms in total. The Morgan fingerprint density at radius 1 is 0.243 bits per heavy atom. The lowest BCUT2D eigenvalue weighted by Crippen LogP contribution is -1.96. The predicted octanol–water partition coefficient (Wildman–Crippen LogP) is 12.9. The van der Waals surface area contributed by atoms with Crippen molar-refractivity contribution in [2.24, 2.45) is 0 Å². The summed E-state index contributed by atoms with van der Waals surface area (Å²) in [5, 5.41) is 0. The first kappa shape index (κ1) is 41.4. The highest BCUT2D eigenvalue weighted by Crippen LogP contribution is 2.13. The van der Waals surface area contributed by atoms with E-state index in [1.54, 1.807) is 0 Å². The van der Waals surface area contributed by atoms with Gasteiger partial charge in [-0.15, -0.1) is 0 Å². The Morgan fingerprint density at radius 2 is 0.459 bits per heavy atom. The van der Waals surface area contributed by atoms with Crippen LogP contribution in [0.2, 0.25) is 0 Å². The fourth-order valence-electron chi connectivity index (χ4n) is 4.58. The van der Waals surface area contributed by atoms with Gasteiger partial charge in [0.15, 0.2) is 0 Å². The third-order valence-corrected chi connectivity index (χ3v) is 6.98. The van der Waals surface area contributed by atoms with Crippen LogP contribution in [0.4, 0.5) is 0 Å². The lowest BCUT2D eigenvalue weighted by Gasteiger charge is -2.04. The summed E-state index contributed by atoms with van der Waals surface area (Å²) in [6, 6.07) is 0. The Bertz CT molecular complexity index is 267. The Balaban J connectivity index is -0.000000608. The van der Waals surface area contributed by atoms with Gasteiger partial charge < -0.3 is 9.47 Å². The lowest BCUT2D eigenvalue weighted by atomic mass is 10.0. The van der Waals surface area contributed by atoms with E-state index in [1.807, 2.05) is 0 Å². The summed E-state index contributed by atoms with van der Waals surface area (Å²) in [7, 11) is 0. The van der Waals surface area contributed by atoms with Gasteiger partial charge in [0.05, 0.1) is 0 Å².